The van der Waals surface area contributed by atoms with Crippen LogP contribution < -0.4 is 5.32 Å². The first-order valence-electron chi connectivity index (χ1n) is 5.72. The lowest BCUT2D eigenvalue weighted by atomic mass is 10.2. The van der Waals surface area contributed by atoms with E-state index in [0.717, 1.165) is 4.47 Å². The Labute approximate surface area is 119 Å². The molecule has 6 heteroatoms. The van der Waals surface area contributed by atoms with Gasteiger partial charge in [0.25, 0.3) is 0 Å². The van der Waals surface area contributed by atoms with Gasteiger partial charge in [0.1, 0.15) is 6.07 Å². The SMILES string of the molecule is CCOC(=O)CCC(=O)Nc1ccc(Br)cc1C#N. The number of hydrogen-bond acceptors (Lipinski definition) is 4. The summed E-state index contributed by atoms with van der Waals surface area (Å²) in [5.41, 5.74) is 0.790. The van der Waals surface area contributed by atoms with Crippen LogP contribution in [0.5, 0.6) is 0 Å². The van der Waals surface area contributed by atoms with E-state index in [1.807, 2.05) is 6.07 Å². The lowest BCUT2D eigenvalue weighted by molar-refractivity contribution is -0.144. The first kappa shape index (κ1) is 15.2. The van der Waals surface area contributed by atoms with E-state index in [1.54, 1.807) is 25.1 Å². The molecule has 19 heavy (non-hydrogen) atoms. The molecule has 0 spiro atoms. The number of halogens is 1. The predicted molar refractivity (Wildman–Crippen MR) is 73.4 cm³/mol. The summed E-state index contributed by atoms with van der Waals surface area (Å²) in [6.45, 7) is 2.00. The first-order valence-corrected chi connectivity index (χ1v) is 6.51. The van der Waals surface area contributed by atoms with Crippen LogP contribution >= 0.6 is 15.9 Å². The van der Waals surface area contributed by atoms with Gasteiger partial charge in [0.2, 0.25) is 5.91 Å². The number of anilines is 1. The number of nitrogens with one attached hydrogen (secondary N) is 1. The van der Waals surface area contributed by atoms with Crippen LogP contribution in [0.15, 0.2) is 22.7 Å². The van der Waals surface area contributed by atoms with Crippen molar-refractivity contribution in [1.29, 1.82) is 5.26 Å². The van der Waals surface area contributed by atoms with Gasteiger partial charge in [0.05, 0.1) is 24.3 Å². The number of carbonyl (C=O) groups is 2. The smallest absolute Gasteiger partial charge is 0.306 e. The zero-order chi connectivity index (χ0) is 14.3. The third-order valence-corrected chi connectivity index (χ3v) is 2.73. The summed E-state index contributed by atoms with van der Waals surface area (Å²) in [7, 11) is 0. The number of hydrogen-bond donors (Lipinski definition) is 1. The van der Waals surface area contributed by atoms with E-state index in [1.165, 1.54) is 0 Å². The number of ether oxygens (including phenoxy) is 1. The molecular weight excluding hydrogens is 312 g/mol. The summed E-state index contributed by atoms with van der Waals surface area (Å²) >= 11 is 3.25. The van der Waals surface area contributed by atoms with Gasteiger partial charge in [-0.15, -0.1) is 0 Å². The van der Waals surface area contributed by atoms with E-state index >= 15 is 0 Å². The third-order valence-electron chi connectivity index (χ3n) is 2.24. The Morgan fingerprint density at radius 1 is 1.42 bits per heavy atom. The van der Waals surface area contributed by atoms with Crippen LogP contribution in [0.3, 0.4) is 0 Å². The van der Waals surface area contributed by atoms with E-state index < -0.39 is 5.97 Å². The zero-order valence-corrected chi connectivity index (χ0v) is 12.0. The molecule has 0 aliphatic heterocycles. The number of nitrogens with zero attached hydrogens (tertiary/aromatic N) is 1. The van der Waals surface area contributed by atoms with Crippen LogP contribution in [0.1, 0.15) is 25.3 Å². The molecule has 1 aromatic carbocycles. The Hall–Kier alpha value is -1.87. The molecule has 0 aliphatic rings. The van der Waals surface area contributed by atoms with Gasteiger partial charge >= 0.3 is 5.97 Å². The van der Waals surface area contributed by atoms with Crippen molar-refractivity contribution in [3.8, 4) is 6.07 Å². The molecule has 0 saturated heterocycles. The van der Waals surface area contributed by atoms with Gasteiger partial charge in [-0.2, -0.15) is 5.26 Å². The number of esters is 1. The van der Waals surface area contributed by atoms with E-state index in [9.17, 15) is 9.59 Å². The fraction of sp³-hybridized carbons (Fsp3) is 0.308. The predicted octanol–water partition coefficient (Wildman–Crippen LogP) is 2.60. The quantitative estimate of drug-likeness (QED) is 0.844. The fourth-order valence-electron chi connectivity index (χ4n) is 1.38. The maximum absolute atomic E-state index is 11.6. The Bertz CT molecular complexity index is 523. The minimum Gasteiger partial charge on any atom is -0.466 e. The van der Waals surface area contributed by atoms with Crippen molar-refractivity contribution in [2.75, 3.05) is 11.9 Å². The van der Waals surface area contributed by atoms with Gasteiger partial charge in [-0.3, -0.25) is 9.59 Å². The molecule has 5 nitrogen and oxygen atoms in total. The van der Waals surface area contributed by atoms with Crippen molar-refractivity contribution < 1.29 is 14.3 Å². The molecule has 0 fully saturated rings. The molecule has 0 bridgehead atoms. The second kappa shape index (κ2) is 7.54. The van der Waals surface area contributed by atoms with Crippen LogP contribution in [-0.2, 0) is 14.3 Å². The summed E-state index contributed by atoms with van der Waals surface area (Å²) in [6.07, 6.45) is 0.0534. The maximum atomic E-state index is 11.6. The van der Waals surface area contributed by atoms with Crippen LogP contribution in [0.4, 0.5) is 5.69 Å². The van der Waals surface area contributed by atoms with Gasteiger partial charge in [0.15, 0.2) is 0 Å². The lowest BCUT2D eigenvalue weighted by Crippen LogP contribution is -2.15. The molecule has 1 aromatic rings. The monoisotopic (exact) mass is 324 g/mol. The summed E-state index contributed by atoms with van der Waals surface area (Å²) in [4.78, 5) is 22.7. The molecule has 0 atom stereocenters. The molecule has 100 valence electrons. The summed E-state index contributed by atoms with van der Waals surface area (Å²) < 4.78 is 5.48. The van der Waals surface area contributed by atoms with E-state index in [4.69, 9.17) is 10.00 Å². The van der Waals surface area contributed by atoms with E-state index in [-0.39, 0.29) is 18.7 Å². The van der Waals surface area contributed by atoms with Gasteiger partial charge in [-0.05, 0) is 25.1 Å². The largest absolute Gasteiger partial charge is 0.466 e. The highest BCUT2D eigenvalue weighted by atomic mass is 79.9. The van der Waals surface area contributed by atoms with E-state index in [2.05, 4.69) is 21.2 Å². The number of carbonyl (C=O) groups excluding carboxylic acids is 2. The molecule has 1 rings (SSSR count). The maximum Gasteiger partial charge on any atom is 0.306 e. The van der Waals surface area contributed by atoms with E-state index in [0.29, 0.717) is 17.9 Å². The average molecular weight is 325 g/mol. The first-order chi connectivity index (χ1) is 9.06. The second-order valence-electron chi connectivity index (χ2n) is 3.65. The van der Waals surface area contributed by atoms with Crippen molar-refractivity contribution in [1.82, 2.24) is 0 Å². The Balaban J connectivity index is 2.58. The highest BCUT2D eigenvalue weighted by molar-refractivity contribution is 9.10. The molecule has 0 aromatic heterocycles. The molecule has 0 unspecified atom stereocenters. The number of amides is 1. The van der Waals surface area contributed by atoms with Crippen LogP contribution in [0.2, 0.25) is 0 Å². The topological polar surface area (TPSA) is 79.2 Å². The summed E-state index contributed by atoms with van der Waals surface area (Å²) in [5.74, 6) is -0.735. The fourth-order valence-corrected chi connectivity index (χ4v) is 1.74. The second-order valence-corrected chi connectivity index (χ2v) is 4.57. The molecule has 1 N–H and O–H groups in total. The van der Waals surface area contributed by atoms with Crippen LogP contribution in [0.25, 0.3) is 0 Å². The lowest BCUT2D eigenvalue weighted by Gasteiger charge is -2.07. The summed E-state index contributed by atoms with van der Waals surface area (Å²) in [6, 6.07) is 6.96. The Kier molecular flexibility index (Phi) is 6.03. The van der Waals surface area contributed by atoms with Crippen molar-refractivity contribution in [2.24, 2.45) is 0 Å². The number of benzene rings is 1. The third kappa shape index (κ3) is 5.10. The molecule has 0 saturated carbocycles. The van der Waals surface area contributed by atoms with Crippen molar-refractivity contribution in [2.45, 2.75) is 19.8 Å². The van der Waals surface area contributed by atoms with Crippen LogP contribution in [-0.4, -0.2) is 18.5 Å². The Morgan fingerprint density at radius 2 is 2.16 bits per heavy atom. The van der Waals surface area contributed by atoms with Crippen molar-refractivity contribution in [3.63, 3.8) is 0 Å². The molecule has 1 amide bonds. The minimum atomic E-state index is -0.408. The number of rotatable bonds is 5. The normalized spacial score (nSPS) is 9.53. The van der Waals surface area contributed by atoms with Gasteiger partial charge < -0.3 is 10.1 Å². The standard InChI is InChI=1S/C13H13BrN2O3/c1-2-19-13(18)6-5-12(17)16-11-4-3-10(14)7-9(11)8-15/h3-4,7H,2,5-6H2,1H3,(H,16,17). The molecule has 0 heterocycles. The highest BCUT2D eigenvalue weighted by Crippen LogP contribution is 2.20. The average Bonchev–Trinajstić information content (AvgIpc) is 2.39. The Morgan fingerprint density at radius 3 is 2.79 bits per heavy atom. The van der Waals surface area contributed by atoms with Crippen LogP contribution in [0, 0.1) is 11.3 Å². The molecular formula is C13H13BrN2O3. The van der Waals surface area contributed by atoms with Gasteiger partial charge in [-0.25, -0.2) is 0 Å². The summed E-state index contributed by atoms with van der Waals surface area (Å²) in [5, 5.41) is 11.5. The zero-order valence-electron chi connectivity index (χ0n) is 10.4. The van der Waals surface area contributed by atoms with Crippen molar-refractivity contribution in [3.05, 3.63) is 28.2 Å². The van der Waals surface area contributed by atoms with Gasteiger partial charge in [0, 0.05) is 10.9 Å². The highest BCUT2D eigenvalue weighted by Gasteiger charge is 2.10. The minimum absolute atomic E-state index is 0.0259. The molecule has 0 aliphatic carbocycles. The molecule has 0 radical (unpaired) electrons. The van der Waals surface area contributed by atoms with Gasteiger partial charge in [-0.1, -0.05) is 15.9 Å². The van der Waals surface area contributed by atoms with Crippen molar-refractivity contribution >= 4 is 33.5 Å². The number of nitriles is 1.